The van der Waals surface area contributed by atoms with Gasteiger partial charge in [0.05, 0.1) is 12.7 Å². The Morgan fingerprint density at radius 3 is 2.14 bits per heavy atom. The number of carbonyl (C=O) groups excluding carboxylic acids is 8. The maximum atomic E-state index is 14.9. The number of para-hydroxylation sites is 1. The molecular weight excluding hydrogens is 1000 g/mol. The van der Waals surface area contributed by atoms with E-state index in [9.17, 15) is 48.3 Å². The number of carbonyl (C=O) groups is 9. The largest absolute Gasteiger partial charge is 0.480 e. The Labute approximate surface area is 450 Å². The van der Waals surface area contributed by atoms with Crippen molar-refractivity contribution in [2.24, 2.45) is 16.5 Å². The van der Waals surface area contributed by atoms with Crippen LogP contribution in [-0.2, 0) is 62.4 Å². The first-order valence-corrected chi connectivity index (χ1v) is 26.1. The van der Waals surface area contributed by atoms with Crippen LogP contribution in [0, 0.1) is 0 Å². The summed E-state index contributed by atoms with van der Waals surface area (Å²) in [7, 11) is 0. The fraction of sp³-hybridized carbons (Fsp3) is 0.426. The van der Waals surface area contributed by atoms with Crippen molar-refractivity contribution in [1.82, 2.24) is 57.5 Å². The lowest BCUT2D eigenvalue weighted by Crippen LogP contribution is -2.61. The van der Waals surface area contributed by atoms with Crippen LogP contribution in [0.3, 0.4) is 0 Å². The van der Waals surface area contributed by atoms with Crippen molar-refractivity contribution in [1.29, 1.82) is 0 Å². The Morgan fingerprint density at radius 1 is 0.769 bits per heavy atom. The number of carboxylic acid groups (broad SMARTS) is 1. The van der Waals surface area contributed by atoms with Crippen molar-refractivity contribution in [3.05, 3.63) is 102 Å². The number of amides is 8. The molecule has 1 fully saturated rings. The summed E-state index contributed by atoms with van der Waals surface area (Å²) in [5.74, 6) is -7.83. The van der Waals surface area contributed by atoms with Crippen LogP contribution in [0.4, 0.5) is 0 Å². The van der Waals surface area contributed by atoms with Gasteiger partial charge in [-0.3, -0.25) is 43.3 Å². The first-order valence-electron chi connectivity index (χ1n) is 26.1. The molecule has 0 saturated carbocycles. The molecule has 6 rings (SSSR count). The molecule has 3 aromatic carbocycles. The number of nitrogens with zero attached hydrogens (tertiary/aromatic N) is 2. The highest BCUT2D eigenvalue weighted by molar-refractivity contribution is 5.99. The number of imidazole rings is 1. The van der Waals surface area contributed by atoms with Gasteiger partial charge in [-0.15, -0.1) is 0 Å². The highest BCUT2D eigenvalue weighted by atomic mass is 16.4. The Hall–Kier alpha value is -8.83. The fourth-order valence-electron chi connectivity index (χ4n) is 9.12. The van der Waals surface area contributed by atoms with Gasteiger partial charge in [-0.2, -0.15) is 0 Å². The average molecular weight is 1080 g/mol. The van der Waals surface area contributed by atoms with Gasteiger partial charge in [0.2, 0.25) is 47.3 Å². The Bertz CT molecular complexity index is 2940. The van der Waals surface area contributed by atoms with Gasteiger partial charge in [-0.1, -0.05) is 80.4 Å². The topological polar surface area (TPSA) is 379 Å². The number of nitrogens with one attached hydrogen (secondary N) is 10. The second-order valence-corrected chi connectivity index (χ2v) is 19.3. The third kappa shape index (κ3) is 17.6. The summed E-state index contributed by atoms with van der Waals surface area (Å²) < 4.78 is 0. The van der Waals surface area contributed by atoms with E-state index in [0.717, 1.165) is 21.7 Å². The van der Waals surface area contributed by atoms with Gasteiger partial charge < -0.3 is 69.1 Å². The average Bonchev–Trinajstić information content (AvgIpc) is 4.10. The molecule has 2 aromatic heterocycles. The van der Waals surface area contributed by atoms with Crippen LogP contribution in [-0.4, -0.2) is 135 Å². The first kappa shape index (κ1) is 58.4. The third-order valence-corrected chi connectivity index (χ3v) is 13.2. The second-order valence-electron chi connectivity index (χ2n) is 19.3. The third-order valence-electron chi connectivity index (χ3n) is 13.2. The summed E-state index contributed by atoms with van der Waals surface area (Å²) >= 11 is 0. The van der Waals surface area contributed by atoms with E-state index in [4.69, 9.17) is 11.5 Å². The number of aliphatic carboxylic acids is 1. The van der Waals surface area contributed by atoms with E-state index < -0.39 is 102 Å². The molecule has 1 aliphatic rings. The second kappa shape index (κ2) is 28.9. The van der Waals surface area contributed by atoms with Gasteiger partial charge in [-0.05, 0) is 66.5 Å². The van der Waals surface area contributed by atoms with E-state index in [1.165, 1.54) is 19.4 Å². The maximum Gasteiger partial charge on any atom is 0.326 e. The smallest absolute Gasteiger partial charge is 0.326 e. The van der Waals surface area contributed by atoms with Gasteiger partial charge in [0, 0.05) is 68.3 Å². The number of carboxylic acids is 1. The minimum Gasteiger partial charge on any atom is -0.480 e. The first-order chi connectivity index (χ1) is 37.5. The van der Waals surface area contributed by atoms with Crippen LogP contribution in [0.2, 0.25) is 0 Å². The van der Waals surface area contributed by atoms with Crippen LogP contribution in [0.5, 0.6) is 0 Å². The molecule has 24 nitrogen and oxygen atoms in total. The molecule has 0 aliphatic carbocycles. The Balaban J connectivity index is 1.41. The number of aromatic nitrogens is 3. The molecule has 416 valence electrons. The molecular formula is C54H70N14O10. The summed E-state index contributed by atoms with van der Waals surface area (Å²) in [5.41, 5.74) is 13.6. The van der Waals surface area contributed by atoms with E-state index in [0.29, 0.717) is 29.7 Å². The van der Waals surface area contributed by atoms with Crippen molar-refractivity contribution in [3.8, 4) is 0 Å². The number of nitrogens with two attached hydrogens (primary N) is 2. The zero-order valence-electron chi connectivity index (χ0n) is 43.7. The number of benzene rings is 3. The SMILES string of the molecule is CCCC[C@H](NC(C)=O)C(=O)N[C@H]1CC(=O)NCCCC[C@@H](C(=O)O)NC(=O)[C@H](Cc2c[nH]c3ccccc23)NC(=O)[C@H](CCCN=C(N)N)NC(=O)[C@@H](Cc2ccc3ccccc3c2)NC(=O)[C@H](Cc2cnc[nH]2)NC1=O. The van der Waals surface area contributed by atoms with Crippen molar-refractivity contribution in [2.75, 3.05) is 13.1 Å². The van der Waals surface area contributed by atoms with Crippen LogP contribution < -0.4 is 54.0 Å². The Kier molecular flexibility index (Phi) is 21.6. The van der Waals surface area contributed by atoms with Gasteiger partial charge >= 0.3 is 5.97 Å². The van der Waals surface area contributed by atoms with Crippen LogP contribution in [0.15, 0.2) is 90.4 Å². The number of H-pyrrole nitrogens is 2. The summed E-state index contributed by atoms with van der Waals surface area (Å²) in [6.45, 7) is 3.18. The molecule has 24 heteroatoms. The lowest BCUT2D eigenvalue weighted by Gasteiger charge is -2.28. The van der Waals surface area contributed by atoms with Gasteiger partial charge in [0.15, 0.2) is 5.96 Å². The molecule has 78 heavy (non-hydrogen) atoms. The number of unbranched alkanes of at least 4 members (excludes halogenated alkanes) is 1. The molecule has 0 unspecified atom stereocenters. The fourth-order valence-corrected chi connectivity index (χ4v) is 9.12. The van der Waals surface area contributed by atoms with E-state index in [-0.39, 0.29) is 76.8 Å². The van der Waals surface area contributed by atoms with Gasteiger partial charge in [-0.25, -0.2) is 9.78 Å². The molecule has 5 aromatic rings. The van der Waals surface area contributed by atoms with Crippen molar-refractivity contribution >= 4 is 80.9 Å². The number of rotatable bonds is 17. The highest BCUT2D eigenvalue weighted by Gasteiger charge is 2.35. The summed E-state index contributed by atoms with van der Waals surface area (Å²) in [4.78, 5) is 140. The molecule has 15 N–H and O–H groups in total. The number of aromatic amines is 2. The van der Waals surface area contributed by atoms with Gasteiger partial charge in [0.1, 0.15) is 42.3 Å². The zero-order chi connectivity index (χ0) is 56.1. The monoisotopic (exact) mass is 1070 g/mol. The van der Waals surface area contributed by atoms with E-state index in [1.54, 1.807) is 18.3 Å². The number of guanidine groups is 1. The molecule has 0 radical (unpaired) electrons. The van der Waals surface area contributed by atoms with Crippen LogP contribution in [0.1, 0.15) is 88.5 Å². The Morgan fingerprint density at radius 2 is 1.44 bits per heavy atom. The van der Waals surface area contributed by atoms with E-state index >= 15 is 0 Å². The number of fused-ring (bicyclic) bond motifs is 2. The normalized spacial score (nSPS) is 20.9. The molecule has 3 heterocycles. The quantitative estimate of drug-likeness (QED) is 0.0343. The maximum absolute atomic E-state index is 14.9. The lowest BCUT2D eigenvalue weighted by atomic mass is 9.99. The molecule has 0 bridgehead atoms. The molecule has 1 saturated heterocycles. The van der Waals surface area contributed by atoms with Crippen molar-refractivity contribution < 1.29 is 48.3 Å². The highest BCUT2D eigenvalue weighted by Crippen LogP contribution is 2.21. The van der Waals surface area contributed by atoms with E-state index in [1.807, 2.05) is 61.5 Å². The number of hydrogen-bond acceptors (Lipinski definition) is 11. The van der Waals surface area contributed by atoms with Crippen molar-refractivity contribution in [3.63, 3.8) is 0 Å². The molecule has 8 amide bonds. The van der Waals surface area contributed by atoms with Gasteiger partial charge in [0.25, 0.3) is 0 Å². The molecule has 1 aliphatic heterocycles. The molecule has 7 atom stereocenters. The predicted molar refractivity (Wildman–Crippen MR) is 290 cm³/mol. The van der Waals surface area contributed by atoms with Crippen LogP contribution in [0.25, 0.3) is 21.7 Å². The molecule has 0 spiro atoms. The predicted octanol–water partition coefficient (Wildman–Crippen LogP) is 0.504. The van der Waals surface area contributed by atoms with E-state index in [2.05, 4.69) is 62.5 Å². The van der Waals surface area contributed by atoms with Crippen molar-refractivity contribution in [2.45, 2.75) is 133 Å². The standard InChI is InChI=1S/C54H70N14O10/c1-3-4-15-39(62-31(2)69)47(71)68-45-27-46(70)58-21-10-9-17-41(53(77)78)64-50(74)43(25-35-28-60-38-16-8-7-14-37(35)38)66-48(72)40(18-11-22-59-54(55)56)63-49(73)42(24-32-19-20-33-12-5-6-13-34(33)23-32)65-51(75)44(67-52(45)76)26-36-29-57-30-61-36/h5-8,12-14,16,19-20,23,28-30,39-45,60H,3-4,9-11,15,17-18,21-22,24-27H2,1-2H3,(H,57,61)(H,58,70)(H,62,69)(H,63,73)(H,64,74)(H,65,75)(H,66,72)(H,67,76)(H,68,71)(H,77,78)(H4,55,56,59)/t39-,40-,41-,42+,43-,44-,45-/m0/s1. The minimum absolute atomic E-state index is 0.000714. The summed E-state index contributed by atoms with van der Waals surface area (Å²) in [5, 5.41) is 34.3. The minimum atomic E-state index is -1.60. The summed E-state index contributed by atoms with van der Waals surface area (Å²) in [6.07, 6.45) is 5.21. The number of hydrogen-bond donors (Lipinski definition) is 13. The lowest BCUT2D eigenvalue weighted by molar-refractivity contribution is -0.142. The van der Waals surface area contributed by atoms with Crippen LogP contribution >= 0.6 is 0 Å². The summed E-state index contributed by atoms with van der Waals surface area (Å²) in [6, 6.07) is 10.4. The zero-order valence-corrected chi connectivity index (χ0v) is 43.7. The number of aliphatic imine (C=N–C) groups is 1.